The molecule has 1 saturated carbocycles. The Morgan fingerprint density at radius 1 is 1.14 bits per heavy atom. The maximum atomic E-state index is 6.11. The normalized spacial score (nSPS) is 22.4. The second-order valence-electron chi connectivity index (χ2n) is 6.57. The van der Waals surface area contributed by atoms with E-state index in [4.69, 9.17) is 5.73 Å². The highest BCUT2D eigenvalue weighted by atomic mass is 15.1. The van der Waals surface area contributed by atoms with Crippen LogP contribution in [-0.4, -0.2) is 18.1 Å². The molecular formula is C18H25N3. The van der Waals surface area contributed by atoms with Gasteiger partial charge < -0.3 is 10.6 Å². The molecule has 3 rings (SSSR count). The fourth-order valence-electron chi connectivity index (χ4n) is 3.48. The fourth-order valence-corrected chi connectivity index (χ4v) is 3.48. The first kappa shape index (κ1) is 14.2. The lowest BCUT2D eigenvalue weighted by molar-refractivity contribution is 0.341. The lowest BCUT2D eigenvalue weighted by atomic mass is 9.86. The van der Waals surface area contributed by atoms with Gasteiger partial charge >= 0.3 is 0 Å². The lowest BCUT2D eigenvalue weighted by Gasteiger charge is -2.35. The summed E-state index contributed by atoms with van der Waals surface area (Å²) in [6.07, 6.45) is 7.15. The summed E-state index contributed by atoms with van der Waals surface area (Å²) in [5.41, 5.74) is 9.25. The number of rotatable bonds is 2. The molecule has 3 heteroatoms. The smallest absolute Gasteiger partial charge is 0.0448 e. The van der Waals surface area contributed by atoms with Crippen molar-refractivity contribution in [3.05, 3.63) is 30.1 Å². The summed E-state index contributed by atoms with van der Waals surface area (Å²) in [6, 6.07) is 6.97. The minimum Gasteiger partial charge on any atom is -0.398 e. The number of anilines is 2. The second-order valence-corrected chi connectivity index (χ2v) is 6.57. The van der Waals surface area contributed by atoms with Crippen LogP contribution in [0.2, 0.25) is 0 Å². The molecule has 0 aliphatic heterocycles. The van der Waals surface area contributed by atoms with E-state index in [2.05, 4.69) is 36.0 Å². The van der Waals surface area contributed by atoms with Crippen LogP contribution in [0.25, 0.3) is 10.8 Å². The molecule has 1 aliphatic rings. The molecule has 2 N–H and O–H groups in total. The van der Waals surface area contributed by atoms with Gasteiger partial charge in [0.25, 0.3) is 0 Å². The number of aryl methyl sites for hydroxylation is 1. The van der Waals surface area contributed by atoms with E-state index in [0.717, 1.165) is 22.7 Å². The van der Waals surface area contributed by atoms with Crippen LogP contribution in [0, 0.1) is 12.8 Å². The highest BCUT2D eigenvalue weighted by molar-refractivity contribution is 6.01. The molecule has 1 fully saturated rings. The molecule has 21 heavy (non-hydrogen) atoms. The number of hydrogen-bond donors (Lipinski definition) is 1. The van der Waals surface area contributed by atoms with Gasteiger partial charge in [-0.3, -0.25) is 4.98 Å². The number of nitrogen functional groups attached to an aromatic ring is 1. The van der Waals surface area contributed by atoms with Crippen molar-refractivity contribution in [1.29, 1.82) is 0 Å². The molecule has 2 aromatic rings. The quantitative estimate of drug-likeness (QED) is 0.842. The Kier molecular flexibility index (Phi) is 3.75. The van der Waals surface area contributed by atoms with Crippen LogP contribution < -0.4 is 10.6 Å². The van der Waals surface area contributed by atoms with Crippen molar-refractivity contribution in [1.82, 2.24) is 4.98 Å². The Labute approximate surface area is 127 Å². The summed E-state index contributed by atoms with van der Waals surface area (Å²) in [7, 11) is 2.22. The standard InChI is InChI=1S/C18H25N3/c1-12-4-6-14(7-5-12)21(3)18-9-8-17(19)16-11-20-13(2)10-15(16)18/h8-12,14H,4-7,19H2,1-3H3. The maximum absolute atomic E-state index is 6.11. The first-order chi connectivity index (χ1) is 10.1. The minimum atomic E-state index is 0.640. The number of nitrogens with zero attached hydrogens (tertiary/aromatic N) is 2. The molecule has 0 radical (unpaired) electrons. The van der Waals surface area contributed by atoms with Crippen LogP contribution in [-0.2, 0) is 0 Å². The van der Waals surface area contributed by atoms with E-state index in [1.165, 1.54) is 36.8 Å². The zero-order valence-electron chi connectivity index (χ0n) is 13.3. The van der Waals surface area contributed by atoms with Crippen molar-refractivity contribution in [2.45, 2.75) is 45.6 Å². The summed E-state index contributed by atoms with van der Waals surface area (Å²) in [4.78, 5) is 6.84. The second kappa shape index (κ2) is 5.55. The largest absolute Gasteiger partial charge is 0.398 e. The third-order valence-corrected chi connectivity index (χ3v) is 4.96. The zero-order valence-corrected chi connectivity index (χ0v) is 13.3. The summed E-state index contributed by atoms with van der Waals surface area (Å²) in [6.45, 7) is 4.40. The number of fused-ring (bicyclic) bond motifs is 1. The molecule has 1 heterocycles. The molecule has 1 aromatic carbocycles. The van der Waals surface area contributed by atoms with Crippen molar-refractivity contribution in [2.24, 2.45) is 5.92 Å². The van der Waals surface area contributed by atoms with Crippen LogP contribution in [0.4, 0.5) is 11.4 Å². The third kappa shape index (κ3) is 2.69. The molecule has 0 unspecified atom stereocenters. The van der Waals surface area contributed by atoms with Crippen LogP contribution in [0.1, 0.15) is 38.3 Å². The first-order valence-electron chi connectivity index (χ1n) is 7.94. The van der Waals surface area contributed by atoms with Gasteiger partial charge in [-0.05, 0) is 56.7 Å². The monoisotopic (exact) mass is 283 g/mol. The van der Waals surface area contributed by atoms with E-state index in [0.29, 0.717) is 6.04 Å². The summed E-state index contributed by atoms with van der Waals surface area (Å²) in [5, 5.41) is 2.29. The first-order valence-corrected chi connectivity index (χ1v) is 7.94. The molecule has 1 aliphatic carbocycles. The van der Waals surface area contributed by atoms with Crippen molar-refractivity contribution in [3.63, 3.8) is 0 Å². The summed E-state index contributed by atoms with van der Waals surface area (Å²) >= 11 is 0. The van der Waals surface area contributed by atoms with Crippen molar-refractivity contribution in [3.8, 4) is 0 Å². The third-order valence-electron chi connectivity index (χ3n) is 4.96. The van der Waals surface area contributed by atoms with Gasteiger partial charge in [0.2, 0.25) is 0 Å². The number of nitrogens with two attached hydrogens (primary N) is 1. The average molecular weight is 283 g/mol. The van der Waals surface area contributed by atoms with E-state index >= 15 is 0 Å². The molecule has 1 aromatic heterocycles. The molecule has 0 amide bonds. The number of pyridine rings is 1. The van der Waals surface area contributed by atoms with Gasteiger partial charge in [0, 0.05) is 47.1 Å². The predicted octanol–water partition coefficient (Wildman–Crippen LogP) is 4.14. The van der Waals surface area contributed by atoms with E-state index in [-0.39, 0.29) is 0 Å². The highest BCUT2D eigenvalue weighted by Crippen LogP contribution is 2.35. The predicted molar refractivity (Wildman–Crippen MR) is 90.7 cm³/mol. The SMILES string of the molecule is Cc1cc2c(N(C)C3CCC(C)CC3)ccc(N)c2cn1. The van der Waals surface area contributed by atoms with Gasteiger partial charge in [0.15, 0.2) is 0 Å². The van der Waals surface area contributed by atoms with Crippen LogP contribution in [0.5, 0.6) is 0 Å². The zero-order chi connectivity index (χ0) is 15.0. The van der Waals surface area contributed by atoms with Gasteiger partial charge in [0.1, 0.15) is 0 Å². The summed E-state index contributed by atoms with van der Waals surface area (Å²) < 4.78 is 0. The van der Waals surface area contributed by atoms with E-state index in [1.807, 2.05) is 19.2 Å². The molecule has 3 nitrogen and oxygen atoms in total. The van der Waals surface area contributed by atoms with E-state index < -0.39 is 0 Å². The Hall–Kier alpha value is -1.77. The molecule has 112 valence electrons. The molecule has 0 saturated heterocycles. The minimum absolute atomic E-state index is 0.640. The molecular weight excluding hydrogens is 258 g/mol. The van der Waals surface area contributed by atoms with Gasteiger partial charge in [-0.2, -0.15) is 0 Å². The Balaban J connectivity index is 1.99. The van der Waals surface area contributed by atoms with Crippen LogP contribution in [0.3, 0.4) is 0 Å². The van der Waals surface area contributed by atoms with E-state index in [9.17, 15) is 0 Å². The van der Waals surface area contributed by atoms with Crippen molar-refractivity contribution < 1.29 is 0 Å². The van der Waals surface area contributed by atoms with Crippen molar-refractivity contribution in [2.75, 3.05) is 17.7 Å². The molecule has 0 bridgehead atoms. The van der Waals surface area contributed by atoms with Crippen molar-refractivity contribution >= 4 is 22.1 Å². The topological polar surface area (TPSA) is 42.1 Å². The number of aromatic nitrogens is 1. The Morgan fingerprint density at radius 3 is 2.57 bits per heavy atom. The van der Waals surface area contributed by atoms with Gasteiger partial charge in [-0.1, -0.05) is 6.92 Å². The fraction of sp³-hybridized carbons (Fsp3) is 0.500. The summed E-state index contributed by atoms with van der Waals surface area (Å²) in [5.74, 6) is 0.879. The molecule has 0 atom stereocenters. The number of hydrogen-bond acceptors (Lipinski definition) is 3. The molecule has 0 spiro atoms. The van der Waals surface area contributed by atoms with Crippen LogP contribution >= 0.6 is 0 Å². The van der Waals surface area contributed by atoms with Crippen LogP contribution in [0.15, 0.2) is 24.4 Å². The Morgan fingerprint density at radius 2 is 1.86 bits per heavy atom. The van der Waals surface area contributed by atoms with Gasteiger partial charge in [-0.15, -0.1) is 0 Å². The Bertz CT molecular complexity index is 642. The van der Waals surface area contributed by atoms with E-state index in [1.54, 1.807) is 0 Å². The highest BCUT2D eigenvalue weighted by Gasteiger charge is 2.23. The van der Waals surface area contributed by atoms with Gasteiger partial charge in [0.05, 0.1) is 0 Å². The average Bonchev–Trinajstić information content (AvgIpc) is 2.47. The maximum Gasteiger partial charge on any atom is 0.0448 e. The van der Waals surface area contributed by atoms with Gasteiger partial charge in [-0.25, -0.2) is 0 Å². The number of benzene rings is 1. The lowest BCUT2D eigenvalue weighted by Crippen LogP contribution is -2.34.